The van der Waals surface area contributed by atoms with Gasteiger partial charge in [0.15, 0.2) is 0 Å². The zero-order valence-electron chi connectivity index (χ0n) is 16.9. The molecule has 1 aliphatic heterocycles. The van der Waals surface area contributed by atoms with Gasteiger partial charge >= 0.3 is 0 Å². The third kappa shape index (κ3) is 6.04. The Bertz CT molecular complexity index is 813. The van der Waals surface area contributed by atoms with Crippen molar-refractivity contribution in [3.63, 3.8) is 0 Å². The molecule has 1 N–H and O–H groups in total. The number of anilines is 1. The van der Waals surface area contributed by atoms with Gasteiger partial charge in [0.2, 0.25) is 11.8 Å². The van der Waals surface area contributed by atoms with E-state index in [4.69, 9.17) is 0 Å². The van der Waals surface area contributed by atoms with Gasteiger partial charge < -0.3 is 15.1 Å². The normalized spacial score (nSPS) is 14.0. The maximum atomic E-state index is 13.0. The summed E-state index contributed by atoms with van der Waals surface area (Å²) in [4.78, 5) is 28.3. The fourth-order valence-corrected chi connectivity index (χ4v) is 3.44. The molecule has 3 rings (SSSR count). The summed E-state index contributed by atoms with van der Waals surface area (Å²) in [6.07, 6.45) is 2.04. The predicted molar refractivity (Wildman–Crippen MR) is 112 cm³/mol. The molecule has 1 fully saturated rings. The Kier molecular flexibility index (Phi) is 7.22. The van der Waals surface area contributed by atoms with E-state index in [-0.39, 0.29) is 24.2 Å². The van der Waals surface area contributed by atoms with Gasteiger partial charge in [-0.15, -0.1) is 0 Å². The molecule has 154 valence electrons. The molecule has 0 aliphatic carbocycles. The molecule has 5 nitrogen and oxygen atoms in total. The largest absolute Gasteiger partial charge is 0.368 e. The standard InChI is InChI=1S/C23H28FN3O2/c1-2-18-3-5-19(6-4-18)7-12-22(28)25-17-23(29)27-15-13-26(14-16-27)21-10-8-20(24)9-11-21/h3-6,8-11H,2,7,12-17H2,1H3,(H,25,28). The topological polar surface area (TPSA) is 52.7 Å². The van der Waals surface area contributed by atoms with Crippen molar-refractivity contribution in [2.24, 2.45) is 0 Å². The SMILES string of the molecule is CCc1ccc(CCC(=O)NCC(=O)N2CCN(c3ccc(F)cc3)CC2)cc1. The Balaban J connectivity index is 1.37. The Morgan fingerprint density at radius 2 is 1.55 bits per heavy atom. The highest BCUT2D eigenvalue weighted by Gasteiger charge is 2.21. The second-order valence-electron chi connectivity index (χ2n) is 7.29. The van der Waals surface area contributed by atoms with Crippen LogP contribution in [0.3, 0.4) is 0 Å². The van der Waals surface area contributed by atoms with Crippen molar-refractivity contribution in [3.8, 4) is 0 Å². The molecule has 0 spiro atoms. The van der Waals surface area contributed by atoms with Gasteiger partial charge in [-0.2, -0.15) is 0 Å². The summed E-state index contributed by atoms with van der Waals surface area (Å²) in [5.41, 5.74) is 3.36. The number of benzene rings is 2. The first kappa shape index (κ1) is 20.8. The van der Waals surface area contributed by atoms with Crippen molar-refractivity contribution < 1.29 is 14.0 Å². The van der Waals surface area contributed by atoms with E-state index in [1.807, 2.05) is 0 Å². The summed E-state index contributed by atoms with van der Waals surface area (Å²) >= 11 is 0. The lowest BCUT2D eigenvalue weighted by molar-refractivity contribution is -0.133. The zero-order chi connectivity index (χ0) is 20.6. The van der Waals surface area contributed by atoms with Crippen LogP contribution < -0.4 is 10.2 Å². The number of amides is 2. The van der Waals surface area contributed by atoms with Gasteiger partial charge in [0.1, 0.15) is 5.82 Å². The average Bonchev–Trinajstić information content (AvgIpc) is 2.77. The van der Waals surface area contributed by atoms with Gasteiger partial charge in [0.05, 0.1) is 6.54 Å². The summed E-state index contributed by atoms with van der Waals surface area (Å²) in [5.74, 6) is -0.427. The average molecular weight is 397 g/mol. The molecule has 0 radical (unpaired) electrons. The second-order valence-corrected chi connectivity index (χ2v) is 7.29. The maximum Gasteiger partial charge on any atom is 0.242 e. The minimum Gasteiger partial charge on any atom is -0.368 e. The van der Waals surface area contributed by atoms with Gasteiger partial charge in [-0.3, -0.25) is 9.59 Å². The Hall–Kier alpha value is -2.89. The number of carbonyl (C=O) groups is 2. The van der Waals surface area contributed by atoms with Crippen LogP contribution in [-0.2, 0) is 22.4 Å². The highest BCUT2D eigenvalue weighted by Crippen LogP contribution is 2.17. The van der Waals surface area contributed by atoms with Crippen LogP contribution >= 0.6 is 0 Å². The molecular weight excluding hydrogens is 369 g/mol. The summed E-state index contributed by atoms with van der Waals surface area (Å²) in [6.45, 7) is 4.72. The number of hydrogen-bond acceptors (Lipinski definition) is 3. The maximum absolute atomic E-state index is 13.0. The van der Waals surface area contributed by atoms with E-state index in [1.165, 1.54) is 17.7 Å². The summed E-state index contributed by atoms with van der Waals surface area (Å²) in [7, 11) is 0. The minimum absolute atomic E-state index is 0.0319. The van der Waals surface area contributed by atoms with Crippen LogP contribution in [-0.4, -0.2) is 49.4 Å². The molecule has 0 atom stereocenters. The van der Waals surface area contributed by atoms with E-state index in [9.17, 15) is 14.0 Å². The molecule has 29 heavy (non-hydrogen) atoms. The van der Waals surface area contributed by atoms with E-state index in [1.54, 1.807) is 17.0 Å². The van der Waals surface area contributed by atoms with Crippen LogP contribution in [0.4, 0.5) is 10.1 Å². The van der Waals surface area contributed by atoms with Gasteiger partial charge in [0, 0.05) is 38.3 Å². The number of aryl methyl sites for hydroxylation is 2. The van der Waals surface area contributed by atoms with E-state index in [2.05, 4.69) is 41.4 Å². The Morgan fingerprint density at radius 1 is 0.931 bits per heavy atom. The number of nitrogens with one attached hydrogen (secondary N) is 1. The van der Waals surface area contributed by atoms with Gasteiger partial charge in [-0.25, -0.2) is 4.39 Å². The molecular formula is C23H28FN3O2. The fraction of sp³-hybridized carbons (Fsp3) is 0.391. The molecule has 1 heterocycles. The number of nitrogens with zero attached hydrogens (tertiary/aromatic N) is 2. The van der Waals surface area contributed by atoms with Crippen molar-refractivity contribution in [1.82, 2.24) is 10.2 Å². The van der Waals surface area contributed by atoms with E-state index in [0.29, 0.717) is 39.0 Å². The molecule has 1 aliphatic rings. The van der Waals surface area contributed by atoms with Gasteiger partial charge in [0.25, 0.3) is 0 Å². The molecule has 0 aromatic heterocycles. The van der Waals surface area contributed by atoms with Crippen molar-refractivity contribution in [2.45, 2.75) is 26.2 Å². The highest BCUT2D eigenvalue weighted by atomic mass is 19.1. The number of piperazine rings is 1. The summed E-state index contributed by atoms with van der Waals surface area (Å²) in [5, 5.41) is 2.74. The van der Waals surface area contributed by atoms with E-state index in [0.717, 1.165) is 17.7 Å². The van der Waals surface area contributed by atoms with Crippen molar-refractivity contribution in [3.05, 3.63) is 65.5 Å². The Morgan fingerprint density at radius 3 is 2.17 bits per heavy atom. The van der Waals surface area contributed by atoms with Gasteiger partial charge in [-0.1, -0.05) is 31.2 Å². The van der Waals surface area contributed by atoms with Crippen molar-refractivity contribution in [2.75, 3.05) is 37.6 Å². The first-order chi connectivity index (χ1) is 14.0. The molecule has 0 unspecified atom stereocenters. The van der Waals surface area contributed by atoms with Crippen LogP contribution in [0.2, 0.25) is 0 Å². The zero-order valence-corrected chi connectivity index (χ0v) is 16.9. The smallest absolute Gasteiger partial charge is 0.242 e. The molecule has 6 heteroatoms. The predicted octanol–water partition coefficient (Wildman–Crippen LogP) is 2.79. The lowest BCUT2D eigenvalue weighted by atomic mass is 10.1. The lowest BCUT2D eigenvalue weighted by Gasteiger charge is -2.36. The van der Waals surface area contributed by atoms with Crippen LogP contribution in [0.1, 0.15) is 24.5 Å². The van der Waals surface area contributed by atoms with Crippen molar-refractivity contribution in [1.29, 1.82) is 0 Å². The van der Waals surface area contributed by atoms with E-state index < -0.39 is 0 Å². The monoisotopic (exact) mass is 397 g/mol. The number of hydrogen-bond donors (Lipinski definition) is 1. The highest BCUT2D eigenvalue weighted by molar-refractivity contribution is 5.85. The lowest BCUT2D eigenvalue weighted by Crippen LogP contribution is -2.51. The second kappa shape index (κ2) is 10.0. The van der Waals surface area contributed by atoms with Crippen LogP contribution in [0.25, 0.3) is 0 Å². The van der Waals surface area contributed by atoms with Crippen molar-refractivity contribution >= 4 is 17.5 Å². The summed E-state index contributed by atoms with van der Waals surface area (Å²) < 4.78 is 13.0. The molecule has 2 amide bonds. The van der Waals surface area contributed by atoms with Gasteiger partial charge in [-0.05, 0) is 48.2 Å². The third-order valence-electron chi connectivity index (χ3n) is 5.33. The quantitative estimate of drug-likeness (QED) is 0.782. The van der Waals surface area contributed by atoms with Crippen LogP contribution in [0.5, 0.6) is 0 Å². The Labute approximate surface area is 171 Å². The molecule has 0 bridgehead atoms. The first-order valence-electron chi connectivity index (χ1n) is 10.2. The molecule has 2 aromatic rings. The first-order valence-corrected chi connectivity index (χ1v) is 10.2. The minimum atomic E-state index is -0.253. The van der Waals surface area contributed by atoms with E-state index >= 15 is 0 Å². The van der Waals surface area contributed by atoms with Crippen LogP contribution in [0, 0.1) is 5.82 Å². The third-order valence-corrected chi connectivity index (χ3v) is 5.33. The molecule has 0 saturated carbocycles. The fourth-order valence-electron chi connectivity index (χ4n) is 3.44. The molecule has 1 saturated heterocycles. The summed E-state index contributed by atoms with van der Waals surface area (Å²) in [6, 6.07) is 14.7. The number of halogens is 1. The number of rotatable bonds is 7. The number of carbonyl (C=O) groups excluding carboxylic acids is 2. The van der Waals surface area contributed by atoms with Crippen LogP contribution in [0.15, 0.2) is 48.5 Å². The molecule has 2 aromatic carbocycles.